The van der Waals surface area contributed by atoms with E-state index < -0.39 is 0 Å². The van der Waals surface area contributed by atoms with Crippen LogP contribution in [0.2, 0.25) is 0 Å². The normalized spacial score (nSPS) is 31.4. The fourth-order valence-electron chi connectivity index (χ4n) is 0.834. The average Bonchev–Trinajstić information content (AvgIpc) is 2.18. The quantitative estimate of drug-likeness (QED) is 0.520. The van der Waals surface area contributed by atoms with Gasteiger partial charge in [-0.3, -0.25) is 0 Å². The van der Waals surface area contributed by atoms with Gasteiger partial charge in [-0.2, -0.15) is 0 Å². The molecule has 0 nitrogen and oxygen atoms in total. The second-order valence-electron chi connectivity index (χ2n) is 2.50. The Morgan fingerprint density at radius 1 is 0.231 bits per heavy atom. The van der Waals surface area contributed by atoms with Gasteiger partial charge >= 0.3 is 0 Å². The molecule has 0 saturated carbocycles. The lowest BCUT2D eigenvalue weighted by Crippen LogP contribution is -1.58. The molecule has 0 atom stereocenters. The van der Waals surface area contributed by atoms with Crippen molar-refractivity contribution in [3.8, 4) is 0 Å². The lowest BCUT2D eigenvalue weighted by Gasteiger charge is -1.77. The van der Waals surface area contributed by atoms with Gasteiger partial charge in [-0.15, -0.1) is 0 Å². The summed E-state index contributed by atoms with van der Waals surface area (Å²) in [5.74, 6) is 0. The van der Waals surface area contributed by atoms with Crippen LogP contribution in [-0.2, 0) is 0 Å². The van der Waals surface area contributed by atoms with E-state index in [1.807, 2.05) is 79.3 Å². The highest BCUT2D eigenvalue weighted by atomic mass is 13.8. The highest BCUT2D eigenvalue weighted by Crippen LogP contribution is 1.89. The first-order chi connectivity index (χ1) is 6.50. The predicted molar refractivity (Wildman–Crippen MR) is 59.1 cm³/mol. The Morgan fingerprint density at radius 3 is 0.769 bits per heavy atom. The van der Waals surface area contributed by atoms with Gasteiger partial charge in [-0.1, -0.05) is 72.9 Å². The van der Waals surface area contributed by atoms with Crippen LogP contribution in [0.5, 0.6) is 0 Å². The van der Waals surface area contributed by atoms with Crippen LogP contribution in [-0.4, -0.2) is 0 Å². The zero-order chi connectivity index (χ0) is 9.19. The first kappa shape index (κ1) is 9.53. The molecule has 1 aliphatic rings. The molecule has 1 rings (SSSR count). The van der Waals surface area contributed by atoms with Gasteiger partial charge in [0.1, 0.15) is 0 Å². The van der Waals surface area contributed by atoms with Crippen LogP contribution in [0.15, 0.2) is 72.9 Å². The average molecular weight is 169 g/mol. The molecule has 0 amide bonds. The maximum atomic E-state index is 2.00. The molecule has 0 heteroatoms. The van der Waals surface area contributed by atoms with Crippen LogP contribution in [0, 0.1) is 6.42 Å². The van der Waals surface area contributed by atoms with E-state index in [-0.39, 0.29) is 0 Å². The Kier molecular flexibility index (Phi) is 5.21. The second kappa shape index (κ2) is 7.11. The molecule has 0 spiro atoms. The van der Waals surface area contributed by atoms with Gasteiger partial charge in [0, 0.05) is 6.42 Å². The number of hydrogen-bond acceptors (Lipinski definition) is 0. The molecule has 0 bridgehead atoms. The first-order valence-corrected chi connectivity index (χ1v) is 4.33. The molecular formula is C13H13. The van der Waals surface area contributed by atoms with Crippen molar-refractivity contribution in [3.63, 3.8) is 0 Å². The Labute approximate surface area is 80.0 Å². The van der Waals surface area contributed by atoms with Gasteiger partial charge < -0.3 is 0 Å². The molecule has 65 valence electrons. The van der Waals surface area contributed by atoms with E-state index in [2.05, 4.69) is 0 Å². The van der Waals surface area contributed by atoms with Gasteiger partial charge in [0.25, 0.3) is 0 Å². The van der Waals surface area contributed by atoms with Gasteiger partial charge in [0.2, 0.25) is 0 Å². The molecule has 1 aliphatic carbocycles. The minimum Gasteiger partial charge on any atom is -0.0767 e. The highest BCUT2D eigenvalue weighted by Gasteiger charge is 1.69. The molecule has 13 heavy (non-hydrogen) atoms. The molecule has 0 unspecified atom stereocenters. The summed E-state index contributed by atoms with van der Waals surface area (Å²) in [5, 5.41) is 0. The van der Waals surface area contributed by atoms with Crippen LogP contribution in [0.3, 0.4) is 0 Å². The molecule has 0 aromatic carbocycles. The van der Waals surface area contributed by atoms with E-state index in [4.69, 9.17) is 0 Å². The number of hydrogen-bond donors (Lipinski definition) is 0. The zero-order valence-electron chi connectivity index (χ0n) is 7.51. The summed E-state index contributed by atoms with van der Waals surface area (Å²) in [6.07, 6.45) is 26.0. The SMILES string of the molecule is [CH]1/C=C/C=C\C=C\C=C/C=C/C=C/1. The van der Waals surface area contributed by atoms with Crippen LogP contribution < -0.4 is 0 Å². The minimum atomic E-state index is 2.00. The molecule has 0 saturated heterocycles. The molecule has 0 aromatic rings. The Balaban J connectivity index is 2.62. The Hall–Kier alpha value is -1.56. The summed E-state index contributed by atoms with van der Waals surface area (Å²) in [4.78, 5) is 0. The maximum absolute atomic E-state index is 2.00. The third-order valence-corrected chi connectivity index (χ3v) is 1.44. The summed E-state index contributed by atoms with van der Waals surface area (Å²) in [6.45, 7) is 0. The van der Waals surface area contributed by atoms with Crippen molar-refractivity contribution < 1.29 is 0 Å². The van der Waals surface area contributed by atoms with E-state index in [0.29, 0.717) is 0 Å². The van der Waals surface area contributed by atoms with Crippen molar-refractivity contribution >= 4 is 0 Å². The topological polar surface area (TPSA) is 0 Å². The third-order valence-electron chi connectivity index (χ3n) is 1.44. The molecule has 0 fully saturated rings. The summed E-state index contributed by atoms with van der Waals surface area (Å²) >= 11 is 0. The summed E-state index contributed by atoms with van der Waals surface area (Å²) < 4.78 is 0. The monoisotopic (exact) mass is 169 g/mol. The first-order valence-electron chi connectivity index (χ1n) is 4.33. The largest absolute Gasteiger partial charge is 0.0767 e. The fourth-order valence-corrected chi connectivity index (χ4v) is 0.834. The smallest absolute Gasteiger partial charge is 0.00506 e. The van der Waals surface area contributed by atoms with Crippen LogP contribution in [0.1, 0.15) is 0 Å². The van der Waals surface area contributed by atoms with Gasteiger partial charge in [0.15, 0.2) is 0 Å². The van der Waals surface area contributed by atoms with Crippen molar-refractivity contribution in [3.05, 3.63) is 79.3 Å². The van der Waals surface area contributed by atoms with Crippen LogP contribution in [0.4, 0.5) is 0 Å². The molecule has 0 aromatic heterocycles. The van der Waals surface area contributed by atoms with Crippen LogP contribution >= 0.6 is 0 Å². The van der Waals surface area contributed by atoms with E-state index >= 15 is 0 Å². The fraction of sp³-hybridized carbons (Fsp3) is 0. The van der Waals surface area contributed by atoms with Crippen LogP contribution in [0.25, 0.3) is 0 Å². The predicted octanol–water partition coefficient (Wildman–Crippen LogP) is 3.54. The lowest BCUT2D eigenvalue weighted by molar-refractivity contribution is 1.72. The van der Waals surface area contributed by atoms with Gasteiger partial charge in [0.05, 0.1) is 0 Å². The number of rotatable bonds is 0. The van der Waals surface area contributed by atoms with Gasteiger partial charge in [-0.05, 0) is 0 Å². The summed E-state index contributed by atoms with van der Waals surface area (Å²) in [7, 11) is 0. The van der Waals surface area contributed by atoms with E-state index in [9.17, 15) is 0 Å². The highest BCUT2D eigenvalue weighted by molar-refractivity contribution is 5.23. The van der Waals surface area contributed by atoms with Crippen molar-refractivity contribution in [2.24, 2.45) is 0 Å². The van der Waals surface area contributed by atoms with E-state index in [1.54, 1.807) is 0 Å². The lowest BCUT2D eigenvalue weighted by atomic mass is 10.3. The standard InChI is InChI=1S/C13H13/c1-2-4-6-8-10-12-13-11-9-7-5-3-1/h1-13H/b2-1-,5-3+,6-4+,9-7-,10-8+,13-11+. The van der Waals surface area contributed by atoms with E-state index in [1.165, 1.54) is 0 Å². The Bertz CT molecular complexity index is 253. The van der Waals surface area contributed by atoms with Gasteiger partial charge in [-0.25, -0.2) is 0 Å². The Morgan fingerprint density at radius 2 is 0.462 bits per heavy atom. The van der Waals surface area contributed by atoms with Crippen molar-refractivity contribution in [2.75, 3.05) is 0 Å². The summed E-state index contributed by atoms with van der Waals surface area (Å²) in [5.41, 5.74) is 0. The third kappa shape index (κ3) is 5.68. The molecule has 0 heterocycles. The maximum Gasteiger partial charge on any atom is 0.00506 e. The summed E-state index contributed by atoms with van der Waals surface area (Å²) in [6, 6.07) is 0. The second-order valence-corrected chi connectivity index (χ2v) is 2.50. The molecule has 0 aliphatic heterocycles. The minimum absolute atomic E-state index is 2.00. The number of allylic oxidation sites excluding steroid dienone is 12. The van der Waals surface area contributed by atoms with Crippen molar-refractivity contribution in [1.82, 2.24) is 0 Å². The van der Waals surface area contributed by atoms with E-state index in [0.717, 1.165) is 0 Å². The van der Waals surface area contributed by atoms with Crippen molar-refractivity contribution in [2.45, 2.75) is 0 Å². The molecule has 0 N–H and O–H groups in total. The van der Waals surface area contributed by atoms with Crippen molar-refractivity contribution in [1.29, 1.82) is 0 Å². The molecular weight excluding hydrogens is 156 g/mol. The molecule has 1 radical (unpaired) electrons. The zero-order valence-corrected chi connectivity index (χ0v) is 7.51.